The average Bonchev–Trinajstić information content (AvgIpc) is 2.65. The summed E-state index contributed by atoms with van der Waals surface area (Å²) in [6, 6.07) is 0. The molecule has 1 aromatic rings. The Morgan fingerprint density at radius 2 is 2.47 bits per heavy atom. The highest BCUT2D eigenvalue weighted by atomic mass is 32.2. The number of rotatable bonds is 2. The molecule has 1 fully saturated rings. The first-order chi connectivity index (χ1) is 7.13. The minimum absolute atomic E-state index is 0.446. The third kappa shape index (κ3) is 2.48. The lowest BCUT2D eigenvalue weighted by Crippen LogP contribution is -2.27. The monoisotopic (exact) mass is 242 g/mol. The van der Waals surface area contributed by atoms with E-state index in [1.54, 1.807) is 11.3 Å². The molecule has 0 radical (unpaired) electrons. The van der Waals surface area contributed by atoms with Gasteiger partial charge in [0.2, 0.25) is 0 Å². The van der Waals surface area contributed by atoms with Crippen LogP contribution in [-0.4, -0.2) is 15.5 Å². The van der Waals surface area contributed by atoms with Crippen LogP contribution in [0.2, 0.25) is 0 Å². The number of thiazole rings is 1. The molecule has 84 valence electrons. The van der Waals surface area contributed by atoms with Gasteiger partial charge in [0.1, 0.15) is 0 Å². The van der Waals surface area contributed by atoms with E-state index in [1.165, 1.54) is 30.7 Å². The van der Waals surface area contributed by atoms with Gasteiger partial charge in [-0.2, -0.15) is 11.8 Å². The molecule has 2 rings (SSSR count). The van der Waals surface area contributed by atoms with Crippen LogP contribution in [0.4, 0.5) is 5.13 Å². The van der Waals surface area contributed by atoms with Gasteiger partial charge >= 0.3 is 0 Å². The molecule has 15 heavy (non-hydrogen) atoms. The van der Waals surface area contributed by atoms with Crippen molar-refractivity contribution in [3.05, 3.63) is 11.1 Å². The maximum absolute atomic E-state index is 5.69. The van der Waals surface area contributed by atoms with Crippen LogP contribution in [0.25, 0.3) is 0 Å². The zero-order chi connectivity index (χ0) is 10.9. The minimum Gasteiger partial charge on any atom is -0.375 e. The van der Waals surface area contributed by atoms with E-state index >= 15 is 0 Å². The first kappa shape index (κ1) is 11.3. The summed E-state index contributed by atoms with van der Waals surface area (Å²) in [5.41, 5.74) is 6.91. The average molecular weight is 242 g/mol. The standard InChI is InChI=1S/C11H18N2S2/c1-3-11(2)6-8(4-5-15-11)9-7-14-10(12)13-9/h7-8H,3-6H2,1-2H3,(H2,12,13). The van der Waals surface area contributed by atoms with E-state index in [0.717, 1.165) is 0 Å². The van der Waals surface area contributed by atoms with E-state index in [1.807, 2.05) is 0 Å². The van der Waals surface area contributed by atoms with E-state index in [4.69, 9.17) is 5.73 Å². The van der Waals surface area contributed by atoms with Crippen LogP contribution < -0.4 is 5.73 Å². The number of nitrogens with two attached hydrogens (primary N) is 1. The van der Waals surface area contributed by atoms with Gasteiger partial charge in [0.05, 0.1) is 5.69 Å². The molecule has 0 spiro atoms. The Bertz CT molecular complexity index is 337. The Morgan fingerprint density at radius 1 is 1.67 bits per heavy atom. The molecule has 2 heterocycles. The van der Waals surface area contributed by atoms with Gasteiger partial charge in [0, 0.05) is 16.0 Å². The molecular weight excluding hydrogens is 224 g/mol. The fourth-order valence-electron chi connectivity index (χ4n) is 2.12. The molecule has 0 bridgehead atoms. The Labute approximate surface area is 99.7 Å². The highest BCUT2D eigenvalue weighted by Gasteiger charge is 2.32. The topological polar surface area (TPSA) is 38.9 Å². The molecular formula is C11H18N2S2. The van der Waals surface area contributed by atoms with Crippen molar-refractivity contribution in [2.45, 2.75) is 43.8 Å². The fourth-order valence-corrected chi connectivity index (χ4v) is 4.18. The molecule has 1 aromatic heterocycles. The summed E-state index contributed by atoms with van der Waals surface area (Å²) in [7, 11) is 0. The SMILES string of the molecule is CCC1(C)CC(c2csc(N)n2)CCS1. The van der Waals surface area contributed by atoms with Crippen molar-refractivity contribution in [1.29, 1.82) is 0 Å². The van der Waals surface area contributed by atoms with Gasteiger partial charge in [0.15, 0.2) is 5.13 Å². The fraction of sp³-hybridized carbons (Fsp3) is 0.727. The number of hydrogen-bond donors (Lipinski definition) is 1. The van der Waals surface area contributed by atoms with Crippen LogP contribution in [0, 0.1) is 0 Å². The zero-order valence-corrected chi connectivity index (χ0v) is 11.0. The molecule has 0 aliphatic carbocycles. The van der Waals surface area contributed by atoms with E-state index < -0.39 is 0 Å². The maximum atomic E-state index is 5.69. The lowest BCUT2D eigenvalue weighted by atomic mass is 9.89. The molecule has 0 amide bonds. The van der Waals surface area contributed by atoms with Crippen molar-refractivity contribution in [1.82, 2.24) is 4.98 Å². The number of thioether (sulfide) groups is 1. The Morgan fingerprint density at radius 3 is 3.07 bits per heavy atom. The van der Waals surface area contributed by atoms with Crippen LogP contribution in [0.3, 0.4) is 0 Å². The molecule has 1 aliphatic heterocycles. The van der Waals surface area contributed by atoms with Crippen molar-refractivity contribution >= 4 is 28.2 Å². The molecule has 0 saturated carbocycles. The Balaban J connectivity index is 2.11. The number of nitrogens with zero attached hydrogens (tertiary/aromatic N) is 1. The van der Waals surface area contributed by atoms with Crippen LogP contribution in [0.15, 0.2) is 5.38 Å². The van der Waals surface area contributed by atoms with Crippen molar-refractivity contribution in [3.63, 3.8) is 0 Å². The predicted octanol–water partition coefficient (Wildman–Crippen LogP) is 3.50. The molecule has 0 aromatic carbocycles. The molecule has 2 N–H and O–H groups in total. The molecule has 2 atom stereocenters. The third-order valence-electron chi connectivity index (χ3n) is 3.30. The maximum Gasteiger partial charge on any atom is 0.180 e. The van der Waals surface area contributed by atoms with Gasteiger partial charge in [-0.25, -0.2) is 4.98 Å². The number of aromatic nitrogens is 1. The van der Waals surface area contributed by atoms with Crippen LogP contribution in [0.1, 0.15) is 44.7 Å². The van der Waals surface area contributed by atoms with Gasteiger partial charge in [-0.3, -0.25) is 0 Å². The van der Waals surface area contributed by atoms with E-state index in [9.17, 15) is 0 Å². The lowest BCUT2D eigenvalue weighted by Gasteiger charge is -2.36. The first-order valence-electron chi connectivity index (χ1n) is 5.48. The molecule has 1 saturated heterocycles. The smallest absolute Gasteiger partial charge is 0.180 e. The molecule has 4 heteroatoms. The second-order valence-electron chi connectivity index (χ2n) is 4.45. The number of nitrogen functional groups attached to an aromatic ring is 1. The van der Waals surface area contributed by atoms with Crippen molar-refractivity contribution in [3.8, 4) is 0 Å². The van der Waals surface area contributed by atoms with Crippen LogP contribution in [0.5, 0.6) is 0 Å². The van der Waals surface area contributed by atoms with Crippen LogP contribution in [-0.2, 0) is 0 Å². The highest BCUT2D eigenvalue weighted by molar-refractivity contribution is 8.00. The summed E-state index contributed by atoms with van der Waals surface area (Å²) in [4.78, 5) is 4.42. The normalized spacial score (nSPS) is 31.7. The third-order valence-corrected chi connectivity index (χ3v) is 5.59. The van der Waals surface area contributed by atoms with E-state index in [0.29, 0.717) is 15.8 Å². The summed E-state index contributed by atoms with van der Waals surface area (Å²) < 4.78 is 0.446. The van der Waals surface area contributed by atoms with Gasteiger partial charge in [-0.1, -0.05) is 13.8 Å². The van der Waals surface area contributed by atoms with Crippen LogP contribution >= 0.6 is 23.1 Å². The van der Waals surface area contributed by atoms with Gasteiger partial charge < -0.3 is 5.73 Å². The van der Waals surface area contributed by atoms with Gasteiger partial charge in [-0.05, 0) is 25.0 Å². The second kappa shape index (κ2) is 4.34. The summed E-state index contributed by atoms with van der Waals surface area (Å²) in [5, 5.41) is 2.84. The summed E-state index contributed by atoms with van der Waals surface area (Å²) in [6.07, 6.45) is 3.74. The Hall–Kier alpha value is -0.220. The first-order valence-corrected chi connectivity index (χ1v) is 7.34. The predicted molar refractivity (Wildman–Crippen MR) is 69.7 cm³/mol. The highest BCUT2D eigenvalue weighted by Crippen LogP contribution is 2.45. The minimum atomic E-state index is 0.446. The molecule has 1 aliphatic rings. The van der Waals surface area contributed by atoms with Crippen molar-refractivity contribution in [2.24, 2.45) is 0 Å². The largest absolute Gasteiger partial charge is 0.375 e. The van der Waals surface area contributed by atoms with E-state index in [-0.39, 0.29) is 0 Å². The lowest BCUT2D eigenvalue weighted by molar-refractivity contribution is 0.464. The van der Waals surface area contributed by atoms with E-state index in [2.05, 4.69) is 36.0 Å². The zero-order valence-electron chi connectivity index (χ0n) is 9.32. The van der Waals surface area contributed by atoms with Crippen molar-refractivity contribution in [2.75, 3.05) is 11.5 Å². The summed E-state index contributed by atoms with van der Waals surface area (Å²) in [5.74, 6) is 1.89. The second-order valence-corrected chi connectivity index (χ2v) is 7.02. The number of anilines is 1. The van der Waals surface area contributed by atoms with Crippen molar-refractivity contribution < 1.29 is 0 Å². The summed E-state index contributed by atoms with van der Waals surface area (Å²) >= 11 is 3.68. The Kier molecular flexibility index (Phi) is 3.26. The van der Waals surface area contributed by atoms with Gasteiger partial charge in [0.25, 0.3) is 0 Å². The molecule has 2 unspecified atom stereocenters. The quantitative estimate of drug-likeness (QED) is 0.862. The molecule has 2 nitrogen and oxygen atoms in total. The number of hydrogen-bond acceptors (Lipinski definition) is 4. The van der Waals surface area contributed by atoms with Gasteiger partial charge in [-0.15, -0.1) is 11.3 Å². The summed E-state index contributed by atoms with van der Waals surface area (Å²) in [6.45, 7) is 4.66.